The summed E-state index contributed by atoms with van der Waals surface area (Å²) in [6, 6.07) is 12.0. The van der Waals surface area contributed by atoms with Crippen LogP contribution in [0.4, 0.5) is 11.6 Å². The van der Waals surface area contributed by atoms with Crippen molar-refractivity contribution >= 4 is 17.4 Å². The first kappa shape index (κ1) is 19.5. The quantitative estimate of drug-likeness (QED) is 0.674. The normalized spacial score (nSPS) is 17.7. The van der Waals surface area contributed by atoms with E-state index in [0.29, 0.717) is 18.2 Å². The molecule has 7 heteroatoms. The first-order chi connectivity index (χ1) is 15.2. The number of hydrogen-bond acceptors (Lipinski definition) is 6. The predicted molar refractivity (Wildman–Crippen MR) is 121 cm³/mol. The molecule has 3 aromatic rings. The molecule has 1 N–H and O–H groups in total. The summed E-state index contributed by atoms with van der Waals surface area (Å²) in [7, 11) is 0. The smallest absolute Gasteiger partial charge is 0.226 e. The molecule has 2 aromatic heterocycles. The Bertz CT molecular complexity index is 1130. The van der Waals surface area contributed by atoms with Gasteiger partial charge in [-0.3, -0.25) is 9.78 Å². The summed E-state index contributed by atoms with van der Waals surface area (Å²) in [5, 5.41) is 8.23. The van der Waals surface area contributed by atoms with E-state index in [1.54, 1.807) is 12.4 Å². The number of anilines is 2. The van der Waals surface area contributed by atoms with E-state index in [-0.39, 0.29) is 11.8 Å². The summed E-state index contributed by atoms with van der Waals surface area (Å²) in [6.45, 7) is 6.25. The van der Waals surface area contributed by atoms with Gasteiger partial charge < -0.3 is 10.2 Å². The van der Waals surface area contributed by atoms with Crippen LogP contribution in [0.25, 0.3) is 11.4 Å². The highest BCUT2D eigenvalue weighted by Gasteiger charge is 2.36. The number of carbonyl (C=O) groups is 1. The number of aromatic nitrogens is 4. The van der Waals surface area contributed by atoms with Crippen molar-refractivity contribution in [2.45, 2.75) is 39.2 Å². The number of ketones is 1. The van der Waals surface area contributed by atoms with Crippen LogP contribution >= 0.6 is 0 Å². The summed E-state index contributed by atoms with van der Waals surface area (Å²) in [5.41, 5.74) is 4.92. The molecule has 3 heterocycles. The third-order valence-corrected chi connectivity index (χ3v) is 6.14. The van der Waals surface area contributed by atoms with E-state index in [1.165, 1.54) is 5.69 Å². The van der Waals surface area contributed by atoms with E-state index in [0.717, 1.165) is 48.3 Å². The second-order valence-corrected chi connectivity index (χ2v) is 7.90. The van der Waals surface area contributed by atoms with Gasteiger partial charge in [0.15, 0.2) is 11.6 Å². The van der Waals surface area contributed by atoms with Crippen LogP contribution < -0.4 is 10.2 Å². The average Bonchev–Trinajstić information content (AvgIpc) is 3.23. The standard InChI is InChI=1S/C24H26N6O/c1-3-29(4-2)18-10-8-17(9-11-18)23-27-24-26-19-6-5-7-20(31)21(19)22(30(24)28-23)16-12-14-25-15-13-16/h8-15,22H,3-7H2,1-2H3,(H,26,27,28). The largest absolute Gasteiger partial charge is 0.372 e. The van der Waals surface area contributed by atoms with Crippen LogP contribution in [0.1, 0.15) is 44.7 Å². The Morgan fingerprint density at radius 1 is 1.06 bits per heavy atom. The molecule has 0 spiro atoms. The van der Waals surface area contributed by atoms with Crippen molar-refractivity contribution in [3.8, 4) is 11.4 Å². The third kappa shape index (κ3) is 3.40. The number of Topliss-reactive ketones (excluding diaryl/α,β-unsaturated/α-hetero) is 1. The lowest BCUT2D eigenvalue weighted by Gasteiger charge is -2.32. The fraction of sp³-hybridized carbons (Fsp3) is 0.333. The molecule has 1 aromatic carbocycles. The number of allylic oxidation sites excluding steroid dienone is 2. The van der Waals surface area contributed by atoms with Gasteiger partial charge >= 0.3 is 0 Å². The lowest BCUT2D eigenvalue weighted by atomic mass is 9.86. The van der Waals surface area contributed by atoms with Crippen LogP contribution in [0.2, 0.25) is 0 Å². The van der Waals surface area contributed by atoms with Crippen LogP contribution in [-0.2, 0) is 4.79 Å². The lowest BCUT2D eigenvalue weighted by Crippen LogP contribution is -2.31. The molecule has 5 rings (SSSR count). The maximum atomic E-state index is 12.9. The number of benzene rings is 1. The summed E-state index contributed by atoms with van der Waals surface area (Å²) in [4.78, 5) is 24.1. The van der Waals surface area contributed by atoms with Crippen molar-refractivity contribution in [2.24, 2.45) is 0 Å². The zero-order valence-corrected chi connectivity index (χ0v) is 17.9. The fourth-order valence-corrected chi connectivity index (χ4v) is 4.54. The van der Waals surface area contributed by atoms with E-state index < -0.39 is 0 Å². The average molecular weight is 415 g/mol. The first-order valence-electron chi connectivity index (χ1n) is 10.9. The van der Waals surface area contributed by atoms with Gasteiger partial charge in [-0.15, -0.1) is 5.10 Å². The molecule has 0 radical (unpaired) electrons. The molecule has 0 saturated heterocycles. The monoisotopic (exact) mass is 414 g/mol. The SMILES string of the molecule is CCN(CC)c1ccc(-c2nc3n(n2)C(c2ccncc2)C2=C(CCCC2=O)N3)cc1. The predicted octanol–water partition coefficient (Wildman–Crippen LogP) is 4.21. The molecule has 1 unspecified atom stereocenters. The van der Waals surface area contributed by atoms with Gasteiger partial charge in [0.2, 0.25) is 5.95 Å². The second-order valence-electron chi connectivity index (χ2n) is 7.90. The van der Waals surface area contributed by atoms with Gasteiger partial charge in [-0.05, 0) is 68.7 Å². The summed E-state index contributed by atoms with van der Waals surface area (Å²) < 4.78 is 1.85. The summed E-state index contributed by atoms with van der Waals surface area (Å²) >= 11 is 0. The third-order valence-electron chi connectivity index (χ3n) is 6.14. The van der Waals surface area contributed by atoms with Crippen molar-refractivity contribution in [1.82, 2.24) is 19.7 Å². The maximum absolute atomic E-state index is 12.9. The Balaban J connectivity index is 1.56. The Labute approximate surface area is 181 Å². The van der Waals surface area contributed by atoms with E-state index in [9.17, 15) is 4.79 Å². The molecule has 2 aliphatic rings. The lowest BCUT2D eigenvalue weighted by molar-refractivity contribution is -0.116. The Kier molecular flexibility index (Phi) is 5.02. The Hall–Kier alpha value is -3.48. The number of fused-ring (bicyclic) bond motifs is 1. The number of rotatable bonds is 5. The number of carbonyl (C=O) groups excluding carboxylic acids is 1. The van der Waals surface area contributed by atoms with Gasteiger partial charge in [0.1, 0.15) is 6.04 Å². The highest BCUT2D eigenvalue weighted by Crippen LogP contribution is 2.40. The van der Waals surface area contributed by atoms with Gasteiger partial charge in [-0.1, -0.05) is 0 Å². The molecule has 0 bridgehead atoms. The van der Waals surface area contributed by atoms with Gasteiger partial charge in [-0.25, -0.2) is 4.68 Å². The van der Waals surface area contributed by atoms with Gasteiger partial charge in [0.05, 0.1) is 0 Å². The fourth-order valence-electron chi connectivity index (χ4n) is 4.54. The van der Waals surface area contributed by atoms with Crippen molar-refractivity contribution in [3.05, 3.63) is 65.6 Å². The topological polar surface area (TPSA) is 75.9 Å². The van der Waals surface area contributed by atoms with E-state index in [4.69, 9.17) is 10.1 Å². The minimum absolute atomic E-state index is 0.182. The minimum Gasteiger partial charge on any atom is -0.372 e. The minimum atomic E-state index is -0.279. The zero-order valence-electron chi connectivity index (χ0n) is 17.9. The molecular weight excluding hydrogens is 388 g/mol. The molecule has 7 nitrogen and oxygen atoms in total. The first-order valence-corrected chi connectivity index (χ1v) is 10.9. The van der Waals surface area contributed by atoms with Crippen molar-refractivity contribution in [1.29, 1.82) is 0 Å². The molecule has 1 aliphatic carbocycles. The summed E-state index contributed by atoms with van der Waals surface area (Å²) in [6.07, 6.45) is 5.81. The molecule has 158 valence electrons. The van der Waals surface area contributed by atoms with Crippen LogP contribution in [0.15, 0.2) is 60.1 Å². The van der Waals surface area contributed by atoms with Gasteiger partial charge in [-0.2, -0.15) is 4.98 Å². The Morgan fingerprint density at radius 2 is 1.81 bits per heavy atom. The van der Waals surface area contributed by atoms with Gasteiger partial charge in [0, 0.05) is 54.4 Å². The number of hydrogen-bond donors (Lipinski definition) is 1. The van der Waals surface area contributed by atoms with E-state index >= 15 is 0 Å². The maximum Gasteiger partial charge on any atom is 0.226 e. The molecule has 1 aliphatic heterocycles. The van der Waals surface area contributed by atoms with Crippen molar-refractivity contribution in [3.63, 3.8) is 0 Å². The molecular formula is C24H26N6O. The van der Waals surface area contributed by atoms with Crippen LogP contribution in [0, 0.1) is 0 Å². The highest BCUT2D eigenvalue weighted by atomic mass is 16.1. The van der Waals surface area contributed by atoms with Crippen molar-refractivity contribution < 1.29 is 4.79 Å². The zero-order chi connectivity index (χ0) is 21.4. The van der Waals surface area contributed by atoms with Crippen LogP contribution in [0.5, 0.6) is 0 Å². The molecule has 1 atom stereocenters. The van der Waals surface area contributed by atoms with E-state index in [1.807, 2.05) is 16.8 Å². The van der Waals surface area contributed by atoms with Crippen LogP contribution in [0.3, 0.4) is 0 Å². The second kappa shape index (κ2) is 7.98. The molecule has 31 heavy (non-hydrogen) atoms. The van der Waals surface area contributed by atoms with Crippen molar-refractivity contribution in [2.75, 3.05) is 23.3 Å². The van der Waals surface area contributed by atoms with Crippen LogP contribution in [-0.4, -0.2) is 38.6 Å². The Morgan fingerprint density at radius 3 is 2.52 bits per heavy atom. The number of nitrogens with one attached hydrogen (secondary N) is 1. The van der Waals surface area contributed by atoms with Gasteiger partial charge in [0.25, 0.3) is 0 Å². The highest BCUT2D eigenvalue weighted by molar-refractivity contribution is 5.99. The molecule has 0 saturated carbocycles. The molecule has 0 fully saturated rings. The number of nitrogens with zero attached hydrogens (tertiary/aromatic N) is 5. The molecule has 0 amide bonds. The number of pyridine rings is 1. The van der Waals surface area contributed by atoms with E-state index in [2.05, 4.69) is 53.3 Å². The summed E-state index contributed by atoms with van der Waals surface area (Å²) in [5.74, 6) is 1.51.